The number of ether oxygens (including phenoxy) is 1. The smallest absolute Gasteiger partial charge is 0.226 e. The molecule has 0 spiro atoms. The number of anilines is 1. The Kier molecular flexibility index (Phi) is 7.00. The number of hydrogen-bond acceptors (Lipinski definition) is 3. The van der Waals surface area contributed by atoms with Crippen molar-refractivity contribution >= 4 is 17.5 Å². The van der Waals surface area contributed by atoms with Crippen LogP contribution in [0.25, 0.3) is 0 Å². The van der Waals surface area contributed by atoms with Crippen LogP contribution in [0.1, 0.15) is 18.9 Å². The first-order chi connectivity index (χ1) is 14.1. The molecule has 0 heterocycles. The third-order valence-electron chi connectivity index (χ3n) is 4.37. The van der Waals surface area contributed by atoms with Crippen molar-refractivity contribution in [3.05, 3.63) is 90.5 Å². The van der Waals surface area contributed by atoms with Crippen molar-refractivity contribution in [3.8, 4) is 11.5 Å². The average Bonchev–Trinajstić information content (AvgIpc) is 2.72. The van der Waals surface area contributed by atoms with E-state index in [0.29, 0.717) is 24.5 Å². The van der Waals surface area contributed by atoms with Crippen molar-refractivity contribution in [1.29, 1.82) is 0 Å². The van der Waals surface area contributed by atoms with Crippen molar-refractivity contribution in [2.24, 2.45) is 0 Å². The van der Waals surface area contributed by atoms with E-state index >= 15 is 0 Å². The number of carbonyl (C=O) groups is 2. The van der Waals surface area contributed by atoms with Gasteiger partial charge in [-0.3, -0.25) is 9.59 Å². The van der Waals surface area contributed by atoms with E-state index in [4.69, 9.17) is 4.74 Å². The highest BCUT2D eigenvalue weighted by atomic mass is 16.5. The Bertz CT molecular complexity index is 943. The highest BCUT2D eigenvalue weighted by Gasteiger charge is 2.12. The Morgan fingerprint density at radius 1 is 0.862 bits per heavy atom. The van der Waals surface area contributed by atoms with Crippen LogP contribution in [0.2, 0.25) is 0 Å². The van der Waals surface area contributed by atoms with Gasteiger partial charge in [-0.1, -0.05) is 54.6 Å². The van der Waals surface area contributed by atoms with Gasteiger partial charge in [0.2, 0.25) is 11.8 Å². The van der Waals surface area contributed by atoms with Gasteiger partial charge < -0.3 is 15.0 Å². The second-order valence-electron chi connectivity index (χ2n) is 6.67. The Hall–Kier alpha value is -3.60. The second-order valence-corrected chi connectivity index (χ2v) is 6.67. The summed E-state index contributed by atoms with van der Waals surface area (Å²) in [6, 6.07) is 26.4. The summed E-state index contributed by atoms with van der Waals surface area (Å²) >= 11 is 0. The molecule has 3 rings (SSSR count). The summed E-state index contributed by atoms with van der Waals surface area (Å²) in [4.78, 5) is 26.0. The predicted molar refractivity (Wildman–Crippen MR) is 114 cm³/mol. The summed E-state index contributed by atoms with van der Waals surface area (Å²) in [5.41, 5.74) is 1.69. The summed E-state index contributed by atoms with van der Waals surface area (Å²) in [5, 5.41) is 2.87. The molecule has 1 N–H and O–H groups in total. The third-order valence-corrected chi connectivity index (χ3v) is 4.37. The first-order valence-electron chi connectivity index (χ1n) is 9.52. The third kappa shape index (κ3) is 6.50. The molecule has 0 aliphatic heterocycles. The highest BCUT2D eigenvalue weighted by Crippen LogP contribution is 2.23. The fraction of sp³-hybridized carbons (Fsp3) is 0.167. The van der Waals surface area contributed by atoms with Gasteiger partial charge in [0.05, 0.1) is 0 Å². The molecular weight excluding hydrogens is 364 g/mol. The van der Waals surface area contributed by atoms with Gasteiger partial charge in [0.25, 0.3) is 0 Å². The summed E-state index contributed by atoms with van der Waals surface area (Å²) in [5.74, 6) is 1.17. The van der Waals surface area contributed by atoms with E-state index in [-0.39, 0.29) is 18.2 Å². The molecule has 0 atom stereocenters. The maximum Gasteiger partial charge on any atom is 0.226 e. The van der Waals surface area contributed by atoms with Gasteiger partial charge in [0, 0.05) is 38.2 Å². The van der Waals surface area contributed by atoms with Gasteiger partial charge >= 0.3 is 0 Å². The van der Waals surface area contributed by atoms with Gasteiger partial charge in [-0.15, -0.1) is 0 Å². The van der Waals surface area contributed by atoms with Gasteiger partial charge in [-0.25, -0.2) is 0 Å². The lowest BCUT2D eigenvalue weighted by molar-refractivity contribution is -0.129. The maximum atomic E-state index is 12.4. The quantitative estimate of drug-likeness (QED) is 0.600. The minimum Gasteiger partial charge on any atom is -0.457 e. The minimum atomic E-state index is -0.152. The van der Waals surface area contributed by atoms with Crippen LogP contribution in [-0.2, 0) is 16.1 Å². The molecule has 0 bridgehead atoms. The molecule has 0 aliphatic carbocycles. The molecule has 5 nitrogen and oxygen atoms in total. The summed E-state index contributed by atoms with van der Waals surface area (Å²) in [6.45, 7) is 2.37. The Morgan fingerprint density at radius 3 is 2.21 bits per heavy atom. The molecule has 0 aromatic heterocycles. The fourth-order valence-corrected chi connectivity index (χ4v) is 2.87. The Labute approximate surface area is 170 Å². The van der Waals surface area contributed by atoms with Gasteiger partial charge in [-0.05, 0) is 29.8 Å². The predicted octanol–water partition coefficient (Wildman–Crippen LogP) is 4.86. The summed E-state index contributed by atoms with van der Waals surface area (Å²) in [6.07, 6.45) is 0.218. The summed E-state index contributed by atoms with van der Waals surface area (Å²) in [7, 11) is 0. The topological polar surface area (TPSA) is 58.6 Å². The molecule has 0 aliphatic rings. The molecule has 0 saturated heterocycles. The van der Waals surface area contributed by atoms with Crippen LogP contribution >= 0.6 is 0 Å². The first kappa shape index (κ1) is 20.1. The molecule has 3 aromatic carbocycles. The van der Waals surface area contributed by atoms with Crippen LogP contribution < -0.4 is 10.1 Å². The molecule has 29 heavy (non-hydrogen) atoms. The van der Waals surface area contributed by atoms with Crippen molar-refractivity contribution in [1.82, 2.24) is 4.90 Å². The summed E-state index contributed by atoms with van der Waals surface area (Å²) < 4.78 is 5.79. The van der Waals surface area contributed by atoms with Crippen LogP contribution in [0.3, 0.4) is 0 Å². The molecule has 0 saturated carbocycles. The number of carbonyl (C=O) groups excluding carboxylic acids is 2. The number of rotatable bonds is 8. The number of nitrogens with zero attached hydrogens (tertiary/aromatic N) is 1. The molecular formula is C24H24N2O3. The van der Waals surface area contributed by atoms with Crippen molar-refractivity contribution in [2.75, 3.05) is 11.9 Å². The normalized spacial score (nSPS) is 10.2. The average molecular weight is 388 g/mol. The standard InChI is InChI=1S/C24H24N2O3/c1-19(27)26(18-20-9-4-2-5-10-20)16-15-24(28)25-21-11-8-14-23(17-21)29-22-12-6-3-7-13-22/h2-14,17H,15-16,18H2,1H3,(H,25,28). The van der Waals surface area contributed by atoms with Crippen LogP contribution in [0.4, 0.5) is 5.69 Å². The molecule has 3 aromatic rings. The van der Waals surface area contributed by atoms with Crippen molar-refractivity contribution in [2.45, 2.75) is 19.9 Å². The zero-order valence-corrected chi connectivity index (χ0v) is 16.4. The van der Waals surface area contributed by atoms with E-state index < -0.39 is 0 Å². The lowest BCUT2D eigenvalue weighted by atomic mass is 10.2. The minimum absolute atomic E-state index is 0.0556. The first-order valence-corrected chi connectivity index (χ1v) is 9.52. The van der Waals surface area contributed by atoms with E-state index in [0.717, 1.165) is 11.3 Å². The van der Waals surface area contributed by atoms with Gasteiger partial charge in [-0.2, -0.15) is 0 Å². The van der Waals surface area contributed by atoms with E-state index in [1.807, 2.05) is 78.9 Å². The van der Waals surface area contributed by atoms with Crippen LogP contribution in [-0.4, -0.2) is 23.3 Å². The largest absolute Gasteiger partial charge is 0.457 e. The fourth-order valence-electron chi connectivity index (χ4n) is 2.87. The monoisotopic (exact) mass is 388 g/mol. The zero-order valence-electron chi connectivity index (χ0n) is 16.4. The van der Waals surface area contributed by atoms with Gasteiger partial charge in [0.15, 0.2) is 0 Å². The van der Waals surface area contributed by atoms with Crippen molar-refractivity contribution < 1.29 is 14.3 Å². The molecule has 5 heteroatoms. The number of nitrogens with one attached hydrogen (secondary N) is 1. The number of amides is 2. The maximum absolute atomic E-state index is 12.4. The highest BCUT2D eigenvalue weighted by molar-refractivity contribution is 5.91. The molecule has 0 unspecified atom stereocenters. The van der Waals surface area contributed by atoms with Crippen molar-refractivity contribution in [3.63, 3.8) is 0 Å². The Balaban J connectivity index is 1.54. The SMILES string of the molecule is CC(=O)N(CCC(=O)Nc1cccc(Oc2ccccc2)c1)Cc1ccccc1. The van der Waals surface area contributed by atoms with E-state index in [2.05, 4.69) is 5.32 Å². The molecule has 0 radical (unpaired) electrons. The zero-order chi connectivity index (χ0) is 20.5. The van der Waals surface area contributed by atoms with Crippen LogP contribution in [0.5, 0.6) is 11.5 Å². The molecule has 2 amide bonds. The number of benzene rings is 3. The van der Waals surface area contributed by atoms with E-state index in [1.54, 1.807) is 11.0 Å². The van der Waals surface area contributed by atoms with Crippen LogP contribution in [0, 0.1) is 0 Å². The number of para-hydroxylation sites is 1. The van der Waals surface area contributed by atoms with E-state index in [1.165, 1.54) is 6.92 Å². The molecule has 148 valence electrons. The van der Waals surface area contributed by atoms with E-state index in [9.17, 15) is 9.59 Å². The lowest BCUT2D eigenvalue weighted by Gasteiger charge is -2.21. The Morgan fingerprint density at radius 2 is 1.52 bits per heavy atom. The number of hydrogen-bond donors (Lipinski definition) is 1. The molecule has 0 fully saturated rings. The van der Waals surface area contributed by atoms with Crippen LogP contribution in [0.15, 0.2) is 84.9 Å². The second kappa shape index (κ2) is 10.1. The van der Waals surface area contributed by atoms with Gasteiger partial charge in [0.1, 0.15) is 11.5 Å². The lowest BCUT2D eigenvalue weighted by Crippen LogP contribution is -2.31.